The first-order chi connectivity index (χ1) is 14.8. The number of aryl methyl sites for hydroxylation is 1. The summed E-state index contributed by atoms with van der Waals surface area (Å²) >= 11 is 4.75. The van der Waals surface area contributed by atoms with Crippen LogP contribution in [0.2, 0.25) is 0 Å². The zero-order valence-corrected chi connectivity index (χ0v) is 18.1. The van der Waals surface area contributed by atoms with Gasteiger partial charge in [-0.1, -0.05) is 12.8 Å². The number of rotatable bonds is 3. The zero-order chi connectivity index (χ0) is 22.3. The van der Waals surface area contributed by atoms with Crippen LogP contribution < -0.4 is 15.1 Å². The molecule has 1 N–H and O–H groups in total. The number of nitriles is 1. The fraction of sp³-hybridized carbons (Fsp3) is 0.364. The van der Waals surface area contributed by atoms with Crippen LogP contribution in [0.3, 0.4) is 0 Å². The third kappa shape index (κ3) is 3.22. The Morgan fingerprint density at radius 1 is 1.32 bits per heavy atom. The van der Waals surface area contributed by atoms with E-state index >= 15 is 0 Å². The Morgan fingerprint density at radius 2 is 2.03 bits per heavy atom. The topological polar surface area (TPSA) is 89.3 Å². The number of thiol groups is 1. The van der Waals surface area contributed by atoms with E-state index in [0.717, 1.165) is 12.8 Å². The molecule has 1 aromatic carbocycles. The highest BCUT2D eigenvalue weighted by molar-refractivity contribution is 7.81. The Labute approximate surface area is 185 Å². The van der Waals surface area contributed by atoms with E-state index in [-0.39, 0.29) is 11.5 Å². The van der Waals surface area contributed by atoms with Gasteiger partial charge in [0, 0.05) is 12.7 Å². The molecule has 1 unspecified atom stereocenters. The van der Waals surface area contributed by atoms with E-state index in [1.54, 1.807) is 24.0 Å². The van der Waals surface area contributed by atoms with Crippen LogP contribution >= 0.6 is 12.6 Å². The molecule has 9 heteroatoms. The Morgan fingerprint density at radius 3 is 2.61 bits per heavy atom. The van der Waals surface area contributed by atoms with Gasteiger partial charge in [-0.25, -0.2) is 9.37 Å². The second-order valence-corrected chi connectivity index (χ2v) is 8.31. The van der Waals surface area contributed by atoms with Crippen molar-refractivity contribution in [2.24, 2.45) is 0 Å². The molecule has 1 saturated carbocycles. The summed E-state index contributed by atoms with van der Waals surface area (Å²) in [5, 5.41) is 11.6. The minimum atomic E-state index is -0.838. The number of nitrogens with zero attached hydrogens (tertiary/aromatic N) is 4. The molecular weight excluding hydrogens is 417 g/mol. The van der Waals surface area contributed by atoms with Gasteiger partial charge >= 0.3 is 0 Å². The maximum atomic E-state index is 14.7. The van der Waals surface area contributed by atoms with Crippen molar-refractivity contribution in [2.75, 3.05) is 16.8 Å². The quantitative estimate of drug-likeness (QED) is 0.718. The number of carbonyl (C=O) groups is 2. The fourth-order valence-electron chi connectivity index (χ4n) is 4.60. The highest BCUT2D eigenvalue weighted by atomic mass is 32.1. The third-order valence-corrected chi connectivity index (χ3v) is 6.58. The maximum absolute atomic E-state index is 14.7. The molecule has 2 amide bonds. The van der Waals surface area contributed by atoms with Crippen LogP contribution in [0.1, 0.15) is 47.3 Å². The number of anilines is 2. The number of hydrogen-bond donors (Lipinski definition) is 2. The minimum absolute atomic E-state index is 0.0586. The molecular formula is C22H22FN5O2S. The van der Waals surface area contributed by atoms with Gasteiger partial charge in [0.2, 0.25) is 0 Å². The van der Waals surface area contributed by atoms with Crippen LogP contribution in [0.15, 0.2) is 30.5 Å². The van der Waals surface area contributed by atoms with Crippen molar-refractivity contribution in [2.45, 2.75) is 43.6 Å². The molecule has 7 nitrogen and oxygen atoms in total. The number of hydrogen-bond acceptors (Lipinski definition) is 6. The molecule has 160 valence electrons. The average Bonchev–Trinajstić information content (AvgIpc) is 3.31. The van der Waals surface area contributed by atoms with Crippen LogP contribution in [0.4, 0.5) is 15.8 Å². The summed E-state index contributed by atoms with van der Waals surface area (Å²) in [5.74, 6) is -1.29. The van der Waals surface area contributed by atoms with Crippen molar-refractivity contribution in [1.29, 1.82) is 5.26 Å². The lowest BCUT2D eigenvalue weighted by Crippen LogP contribution is -2.48. The maximum Gasteiger partial charge on any atom is 0.255 e. The van der Waals surface area contributed by atoms with E-state index in [4.69, 9.17) is 17.9 Å². The fourth-order valence-corrected chi connectivity index (χ4v) is 5.19. The lowest BCUT2D eigenvalue weighted by atomic mass is 9.94. The zero-order valence-electron chi connectivity index (χ0n) is 17.2. The molecule has 4 rings (SSSR count). The Kier molecular flexibility index (Phi) is 5.35. The highest BCUT2D eigenvalue weighted by Gasteiger charge is 2.58. The van der Waals surface area contributed by atoms with Crippen LogP contribution in [0.5, 0.6) is 0 Å². The summed E-state index contributed by atoms with van der Waals surface area (Å²) in [6.45, 7) is 1.76. The van der Waals surface area contributed by atoms with Crippen LogP contribution in [0, 0.1) is 24.1 Å². The molecule has 31 heavy (non-hydrogen) atoms. The molecule has 1 saturated heterocycles. The third-order valence-electron chi connectivity index (χ3n) is 6.12. The second kappa shape index (κ2) is 7.85. The van der Waals surface area contributed by atoms with Gasteiger partial charge in [0.05, 0.1) is 17.4 Å². The van der Waals surface area contributed by atoms with Crippen LogP contribution in [0.25, 0.3) is 0 Å². The number of carbonyl (C=O) groups excluding carboxylic acids is 2. The first-order valence-corrected chi connectivity index (χ1v) is 10.5. The second-order valence-electron chi connectivity index (χ2n) is 7.84. The Bertz CT molecular complexity index is 1110. The minimum Gasteiger partial charge on any atom is -0.355 e. The van der Waals surface area contributed by atoms with Gasteiger partial charge in [0.25, 0.3) is 11.8 Å². The van der Waals surface area contributed by atoms with Gasteiger partial charge in [-0.05, 0) is 49.6 Å². The van der Waals surface area contributed by atoms with Crippen molar-refractivity contribution < 1.29 is 14.0 Å². The highest BCUT2D eigenvalue weighted by Crippen LogP contribution is 2.48. The van der Waals surface area contributed by atoms with Crippen molar-refractivity contribution in [3.63, 3.8) is 0 Å². The summed E-state index contributed by atoms with van der Waals surface area (Å²) in [4.78, 5) is 33.1. The van der Waals surface area contributed by atoms with Crippen molar-refractivity contribution in [3.05, 3.63) is 53.1 Å². The van der Waals surface area contributed by atoms with E-state index < -0.39 is 22.8 Å². The van der Waals surface area contributed by atoms with Crippen molar-refractivity contribution in [1.82, 2.24) is 10.3 Å². The SMILES string of the molecule is CNC(=O)c1ccc(N2C(S)N(c3cnc(C#N)c(C)c3)C(=O)C23CCCC3)cc1F. The van der Waals surface area contributed by atoms with Gasteiger partial charge in [-0.3, -0.25) is 14.5 Å². The summed E-state index contributed by atoms with van der Waals surface area (Å²) < 4.78 is 14.7. The number of aromatic nitrogens is 1. The summed E-state index contributed by atoms with van der Waals surface area (Å²) in [6, 6.07) is 8.13. The Hall–Kier alpha value is -3.12. The molecule has 0 bridgehead atoms. The largest absolute Gasteiger partial charge is 0.355 e. The standard InChI is InChI=1S/C22H22FN5O2S/c1-13-9-15(12-26-18(13)11-24)27-20(30)22(7-3-4-8-22)28(21(27)31)14-5-6-16(17(23)10-14)19(29)25-2/h5-6,9-10,12,21,31H,3-4,7-8H2,1-2H3,(H,25,29). The van der Waals surface area contributed by atoms with E-state index in [0.29, 0.717) is 35.5 Å². The van der Waals surface area contributed by atoms with Gasteiger partial charge in [-0.2, -0.15) is 5.26 Å². The molecule has 1 aliphatic carbocycles. The normalized spacial score (nSPS) is 19.7. The van der Waals surface area contributed by atoms with Crippen LogP contribution in [-0.4, -0.2) is 34.9 Å². The predicted molar refractivity (Wildman–Crippen MR) is 117 cm³/mol. The summed E-state index contributed by atoms with van der Waals surface area (Å²) in [6.07, 6.45) is 4.50. The van der Waals surface area contributed by atoms with Crippen LogP contribution in [-0.2, 0) is 4.79 Å². The van der Waals surface area contributed by atoms with Gasteiger partial charge in [0.1, 0.15) is 23.1 Å². The number of halogens is 1. The summed E-state index contributed by atoms with van der Waals surface area (Å²) in [7, 11) is 1.44. The van der Waals surface area contributed by atoms with E-state index in [1.807, 2.05) is 11.0 Å². The Balaban J connectivity index is 1.80. The number of pyridine rings is 1. The monoisotopic (exact) mass is 439 g/mol. The van der Waals surface area contributed by atoms with Gasteiger partial charge < -0.3 is 10.2 Å². The molecule has 1 atom stereocenters. The predicted octanol–water partition coefficient (Wildman–Crippen LogP) is 3.14. The number of amides is 2. The average molecular weight is 440 g/mol. The summed E-state index contributed by atoms with van der Waals surface area (Å²) in [5.41, 5.74) is 0.397. The molecule has 1 aromatic heterocycles. The van der Waals surface area contributed by atoms with Crippen molar-refractivity contribution in [3.8, 4) is 6.07 Å². The number of nitrogens with one attached hydrogen (secondary N) is 1. The molecule has 1 aliphatic heterocycles. The first kappa shape index (κ1) is 21.1. The lowest BCUT2D eigenvalue weighted by molar-refractivity contribution is -0.121. The number of benzene rings is 1. The molecule has 2 fully saturated rings. The molecule has 2 aromatic rings. The molecule has 1 spiro atoms. The van der Waals surface area contributed by atoms with E-state index in [2.05, 4.69) is 10.3 Å². The molecule has 0 radical (unpaired) electrons. The lowest BCUT2D eigenvalue weighted by Gasteiger charge is -2.36. The molecule has 2 aliphatic rings. The van der Waals surface area contributed by atoms with Gasteiger partial charge in [0.15, 0.2) is 5.50 Å². The van der Waals surface area contributed by atoms with E-state index in [9.17, 15) is 14.0 Å². The first-order valence-electron chi connectivity index (χ1n) is 10.0. The van der Waals surface area contributed by atoms with Crippen molar-refractivity contribution >= 4 is 35.8 Å². The van der Waals surface area contributed by atoms with E-state index in [1.165, 1.54) is 25.4 Å². The van der Waals surface area contributed by atoms with Gasteiger partial charge in [-0.15, -0.1) is 12.6 Å². The molecule has 2 heterocycles. The smallest absolute Gasteiger partial charge is 0.255 e.